The van der Waals surface area contributed by atoms with Gasteiger partial charge in [0.25, 0.3) is 5.91 Å². The average Bonchev–Trinajstić information content (AvgIpc) is 2.76. The molecule has 3 aromatic rings. The number of hydrogen-bond acceptors (Lipinski definition) is 3. The highest BCUT2D eigenvalue weighted by Gasteiger charge is 2.21. The second-order valence-corrected chi connectivity index (χ2v) is 7.34. The van der Waals surface area contributed by atoms with E-state index in [0.29, 0.717) is 5.56 Å². The van der Waals surface area contributed by atoms with Crippen molar-refractivity contribution in [3.05, 3.63) is 90.3 Å². The van der Waals surface area contributed by atoms with Crippen molar-refractivity contribution in [2.75, 3.05) is 13.1 Å². The molecule has 1 aromatic heterocycles. The van der Waals surface area contributed by atoms with Crippen LogP contribution in [0.2, 0.25) is 0 Å². The van der Waals surface area contributed by atoms with Gasteiger partial charge in [-0.05, 0) is 30.0 Å². The highest BCUT2D eigenvalue weighted by molar-refractivity contribution is 5.95. The van der Waals surface area contributed by atoms with Gasteiger partial charge < -0.3 is 5.32 Å². The summed E-state index contributed by atoms with van der Waals surface area (Å²) in [5.41, 5.74) is 3.99. The number of piperidine rings is 1. The third kappa shape index (κ3) is 4.65. The van der Waals surface area contributed by atoms with Gasteiger partial charge in [-0.25, -0.2) is 0 Å². The number of carbonyl (C=O) groups is 1. The lowest BCUT2D eigenvalue weighted by molar-refractivity contribution is 0.0908. The summed E-state index contributed by atoms with van der Waals surface area (Å²) in [6.45, 7) is 2.98. The molecular weight excluding hydrogens is 346 g/mol. The van der Waals surface area contributed by atoms with Gasteiger partial charge in [0.2, 0.25) is 0 Å². The number of nitrogens with zero attached hydrogens (tertiary/aromatic N) is 2. The van der Waals surface area contributed by atoms with E-state index in [1.54, 1.807) is 12.4 Å². The Labute approximate surface area is 166 Å². The molecule has 1 amide bonds. The molecule has 0 spiro atoms. The van der Waals surface area contributed by atoms with Crippen LogP contribution in [0.3, 0.4) is 0 Å². The molecule has 1 aliphatic heterocycles. The van der Waals surface area contributed by atoms with Crippen LogP contribution in [0.4, 0.5) is 0 Å². The number of carbonyl (C=O) groups excluding carboxylic acids is 1. The molecule has 1 fully saturated rings. The summed E-state index contributed by atoms with van der Waals surface area (Å²) in [4.78, 5) is 19.4. The summed E-state index contributed by atoms with van der Waals surface area (Å²) >= 11 is 0. The second kappa shape index (κ2) is 8.81. The maximum absolute atomic E-state index is 12.7. The van der Waals surface area contributed by atoms with Gasteiger partial charge >= 0.3 is 0 Å². The fourth-order valence-corrected chi connectivity index (χ4v) is 3.70. The first-order valence-corrected chi connectivity index (χ1v) is 9.85. The van der Waals surface area contributed by atoms with Gasteiger partial charge in [0, 0.05) is 43.6 Å². The summed E-state index contributed by atoms with van der Waals surface area (Å²) < 4.78 is 0. The van der Waals surface area contributed by atoms with Crippen LogP contribution in [0.25, 0.3) is 11.1 Å². The summed E-state index contributed by atoms with van der Waals surface area (Å²) in [6, 6.07) is 22.7. The summed E-state index contributed by atoms with van der Waals surface area (Å²) in [6.07, 6.45) is 5.40. The molecule has 2 heterocycles. The first-order chi connectivity index (χ1) is 13.8. The van der Waals surface area contributed by atoms with Crippen molar-refractivity contribution in [1.82, 2.24) is 15.2 Å². The number of pyridine rings is 1. The number of likely N-dealkylation sites (tertiary alicyclic amines) is 1. The molecule has 142 valence electrons. The zero-order valence-electron chi connectivity index (χ0n) is 15.9. The van der Waals surface area contributed by atoms with Gasteiger partial charge in [0.15, 0.2) is 0 Å². The Balaban J connectivity index is 1.32. The van der Waals surface area contributed by atoms with Crippen molar-refractivity contribution in [2.45, 2.75) is 25.4 Å². The van der Waals surface area contributed by atoms with Crippen LogP contribution in [0.1, 0.15) is 28.8 Å². The van der Waals surface area contributed by atoms with E-state index >= 15 is 0 Å². The summed E-state index contributed by atoms with van der Waals surface area (Å²) in [7, 11) is 0. The molecule has 1 aliphatic rings. The lowest BCUT2D eigenvalue weighted by Crippen LogP contribution is -2.44. The lowest BCUT2D eigenvalue weighted by atomic mass is 10.0. The monoisotopic (exact) mass is 371 g/mol. The van der Waals surface area contributed by atoms with Crippen molar-refractivity contribution in [2.24, 2.45) is 0 Å². The van der Waals surface area contributed by atoms with Gasteiger partial charge in [-0.2, -0.15) is 0 Å². The molecule has 0 aliphatic carbocycles. The van der Waals surface area contributed by atoms with Crippen molar-refractivity contribution >= 4 is 5.91 Å². The van der Waals surface area contributed by atoms with Gasteiger partial charge in [0.1, 0.15) is 0 Å². The maximum Gasteiger partial charge on any atom is 0.253 e. The quantitative estimate of drug-likeness (QED) is 0.733. The Morgan fingerprint density at radius 2 is 1.61 bits per heavy atom. The van der Waals surface area contributed by atoms with Crippen LogP contribution in [0, 0.1) is 0 Å². The Morgan fingerprint density at radius 1 is 0.929 bits per heavy atom. The molecule has 0 bridgehead atoms. The van der Waals surface area contributed by atoms with Gasteiger partial charge in [-0.1, -0.05) is 60.7 Å². The van der Waals surface area contributed by atoms with Crippen LogP contribution in [0.5, 0.6) is 0 Å². The van der Waals surface area contributed by atoms with Crippen LogP contribution in [-0.2, 0) is 6.54 Å². The molecule has 2 aromatic carbocycles. The molecule has 4 heteroatoms. The first-order valence-electron chi connectivity index (χ1n) is 9.85. The topological polar surface area (TPSA) is 45.2 Å². The predicted octanol–water partition coefficient (Wildman–Crippen LogP) is 4.14. The average molecular weight is 371 g/mol. The third-order valence-corrected chi connectivity index (χ3v) is 5.28. The predicted molar refractivity (Wildman–Crippen MR) is 112 cm³/mol. The molecule has 1 saturated heterocycles. The highest BCUT2D eigenvalue weighted by atomic mass is 16.1. The summed E-state index contributed by atoms with van der Waals surface area (Å²) in [5.74, 6) is -0.0354. The van der Waals surface area contributed by atoms with Crippen LogP contribution in [-0.4, -0.2) is 34.9 Å². The molecule has 1 N–H and O–H groups in total. The molecular formula is C24H25N3O. The smallest absolute Gasteiger partial charge is 0.253 e. The number of amides is 1. The van der Waals surface area contributed by atoms with Gasteiger partial charge in [-0.15, -0.1) is 0 Å². The van der Waals surface area contributed by atoms with Crippen molar-refractivity contribution in [3.8, 4) is 11.1 Å². The van der Waals surface area contributed by atoms with Gasteiger partial charge in [-0.3, -0.25) is 14.7 Å². The molecule has 4 rings (SSSR count). The number of hydrogen-bond donors (Lipinski definition) is 1. The Bertz CT molecular complexity index is 903. The van der Waals surface area contributed by atoms with E-state index in [1.165, 1.54) is 5.56 Å². The van der Waals surface area contributed by atoms with Crippen LogP contribution in [0.15, 0.2) is 79.1 Å². The Kier molecular flexibility index (Phi) is 5.78. The zero-order chi connectivity index (χ0) is 19.2. The number of nitrogens with one attached hydrogen (secondary N) is 1. The van der Waals surface area contributed by atoms with Gasteiger partial charge in [0.05, 0.1) is 5.56 Å². The minimum Gasteiger partial charge on any atom is -0.349 e. The largest absolute Gasteiger partial charge is 0.349 e. The third-order valence-electron chi connectivity index (χ3n) is 5.28. The van der Waals surface area contributed by atoms with Crippen molar-refractivity contribution < 1.29 is 4.79 Å². The molecule has 0 radical (unpaired) electrons. The highest BCUT2D eigenvalue weighted by Crippen LogP contribution is 2.19. The van der Waals surface area contributed by atoms with Crippen LogP contribution < -0.4 is 5.32 Å². The van der Waals surface area contributed by atoms with Crippen molar-refractivity contribution in [1.29, 1.82) is 0 Å². The van der Waals surface area contributed by atoms with E-state index in [-0.39, 0.29) is 11.9 Å². The molecule has 0 saturated carbocycles. The molecule has 4 nitrogen and oxygen atoms in total. The summed E-state index contributed by atoms with van der Waals surface area (Å²) in [5, 5.41) is 3.19. The zero-order valence-corrected chi connectivity index (χ0v) is 15.9. The Morgan fingerprint density at radius 3 is 2.32 bits per heavy atom. The fraction of sp³-hybridized carbons (Fsp3) is 0.250. The SMILES string of the molecule is O=C(NC1CCN(Cc2ccccc2)CC1)c1cncc(-c2ccccc2)c1. The molecule has 0 unspecified atom stereocenters. The fourth-order valence-electron chi connectivity index (χ4n) is 3.70. The standard InChI is InChI=1S/C24H25N3O/c28-24(22-15-21(16-25-17-22)20-9-5-2-6-10-20)26-23-11-13-27(14-12-23)18-19-7-3-1-4-8-19/h1-10,15-17,23H,11-14,18H2,(H,26,28). The van der Waals surface area contributed by atoms with E-state index in [0.717, 1.165) is 43.6 Å². The Hall–Kier alpha value is -2.98. The maximum atomic E-state index is 12.7. The minimum absolute atomic E-state index is 0.0354. The van der Waals surface area contributed by atoms with Crippen LogP contribution >= 0.6 is 0 Å². The second-order valence-electron chi connectivity index (χ2n) is 7.34. The van der Waals surface area contributed by atoms with E-state index in [2.05, 4.69) is 39.5 Å². The molecule has 28 heavy (non-hydrogen) atoms. The lowest BCUT2D eigenvalue weighted by Gasteiger charge is -2.32. The normalized spacial score (nSPS) is 15.3. The first kappa shape index (κ1) is 18.4. The van der Waals surface area contributed by atoms with Crippen molar-refractivity contribution in [3.63, 3.8) is 0 Å². The molecule has 0 atom stereocenters. The van der Waals surface area contributed by atoms with E-state index < -0.39 is 0 Å². The minimum atomic E-state index is -0.0354. The number of rotatable bonds is 5. The van der Waals surface area contributed by atoms with E-state index in [9.17, 15) is 4.79 Å². The number of aromatic nitrogens is 1. The van der Waals surface area contributed by atoms with E-state index in [1.807, 2.05) is 42.5 Å². The van der Waals surface area contributed by atoms with E-state index in [4.69, 9.17) is 0 Å². The number of benzene rings is 2.